The van der Waals surface area contributed by atoms with Crippen LogP contribution in [0.1, 0.15) is 17.3 Å². The van der Waals surface area contributed by atoms with E-state index in [0.29, 0.717) is 0 Å². The standard InChI is InChI=1S/C7H10N4O4S/c1-2-16(14,15)11-7-8-3-5(4-9-7)6(12)10-13/h3-4,13H,2H2,1H3,(H,10,12)(H,8,9,11). The summed E-state index contributed by atoms with van der Waals surface area (Å²) in [4.78, 5) is 18.1. The number of sulfonamides is 1. The van der Waals surface area contributed by atoms with E-state index in [9.17, 15) is 13.2 Å². The number of nitrogens with one attached hydrogen (secondary N) is 2. The van der Waals surface area contributed by atoms with Crippen LogP contribution in [0.2, 0.25) is 0 Å². The number of amides is 1. The van der Waals surface area contributed by atoms with Gasteiger partial charge in [0.2, 0.25) is 16.0 Å². The zero-order chi connectivity index (χ0) is 12.2. The summed E-state index contributed by atoms with van der Waals surface area (Å²) in [5.74, 6) is -1.00. The van der Waals surface area contributed by atoms with Gasteiger partial charge in [0.25, 0.3) is 5.91 Å². The van der Waals surface area contributed by atoms with Crippen molar-refractivity contribution in [2.45, 2.75) is 6.92 Å². The highest BCUT2D eigenvalue weighted by molar-refractivity contribution is 7.92. The van der Waals surface area contributed by atoms with Crippen LogP contribution in [0.3, 0.4) is 0 Å². The Hall–Kier alpha value is -1.74. The summed E-state index contributed by atoms with van der Waals surface area (Å²) in [6.45, 7) is 1.47. The zero-order valence-corrected chi connectivity index (χ0v) is 9.15. The van der Waals surface area contributed by atoms with E-state index >= 15 is 0 Å². The first-order chi connectivity index (χ1) is 7.48. The molecule has 88 valence electrons. The van der Waals surface area contributed by atoms with Crippen LogP contribution in [-0.2, 0) is 10.0 Å². The second-order valence-corrected chi connectivity index (χ2v) is 4.75. The van der Waals surface area contributed by atoms with Crippen molar-refractivity contribution in [3.8, 4) is 0 Å². The quantitative estimate of drug-likeness (QED) is 0.479. The minimum atomic E-state index is -3.44. The molecule has 9 heteroatoms. The molecule has 1 heterocycles. The van der Waals surface area contributed by atoms with Gasteiger partial charge in [-0.25, -0.2) is 23.9 Å². The molecule has 0 spiro atoms. The third kappa shape index (κ3) is 3.14. The SMILES string of the molecule is CCS(=O)(=O)Nc1ncc(C(=O)NO)cn1. The minimum absolute atomic E-state index is 0.0157. The lowest BCUT2D eigenvalue weighted by Gasteiger charge is -2.03. The van der Waals surface area contributed by atoms with Gasteiger partial charge in [0.1, 0.15) is 0 Å². The fraction of sp³-hybridized carbons (Fsp3) is 0.286. The number of rotatable bonds is 4. The van der Waals surface area contributed by atoms with Crippen LogP contribution >= 0.6 is 0 Å². The average Bonchev–Trinajstić information content (AvgIpc) is 2.28. The largest absolute Gasteiger partial charge is 0.288 e. The number of carbonyl (C=O) groups excluding carboxylic acids is 1. The van der Waals surface area contributed by atoms with Crippen molar-refractivity contribution < 1.29 is 18.4 Å². The van der Waals surface area contributed by atoms with Crippen molar-refractivity contribution in [3.05, 3.63) is 18.0 Å². The van der Waals surface area contributed by atoms with Gasteiger partial charge in [-0.1, -0.05) is 0 Å². The second kappa shape index (κ2) is 4.86. The molecule has 0 unspecified atom stereocenters. The van der Waals surface area contributed by atoms with E-state index in [4.69, 9.17) is 5.21 Å². The fourth-order valence-corrected chi connectivity index (χ4v) is 1.30. The summed E-state index contributed by atoms with van der Waals surface area (Å²) in [6, 6.07) is 0. The maximum Gasteiger partial charge on any atom is 0.277 e. The van der Waals surface area contributed by atoms with Gasteiger partial charge in [-0.2, -0.15) is 0 Å². The summed E-state index contributed by atoms with van der Waals surface area (Å²) in [5, 5.41) is 8.32. The number of anilines is 1. The van der Waals surface area contributed by atoms with E-state index in [0.717, 1.165) is 12.4 Å². The first-order valence-electron chi connectivity index (χ1n) is 4.25. The van der Waals surface area contributed by atoms with Crippen LogP contribution in [-0.4, -0.2) is 35.3 Å². The van der Waals surface area contributed by atoms with E-state index in [-0.39, 0.29) is 17.3 Å². The maximum absolute atomic E-state index is 11.1. The Morgan fingerprint density at radius 1 is 1.44 bits per heavy atom. The molecule has 1 amide bonds. The van der Waals surface area contributed by atoms with E-state index in [2.05, 4.69) is 14.7 Å². The second-order valence-electron chi connectivity index (χ2n) is 2.74. The Labute approximate surface area is 91.7 Å². The topological polar surface area (TPSA) is 121 Å². The van der Waals surface area contributed by atoms with Gasteiger partial charge < -0.3 is 0 Å². The van der Waals surface area contributed by atoms with Crippen LogP contribution < -0.4 is 10.2 Å². The summed E-state index contributed by atoms with van der Waals surface area (Å²) in [7, 11) is -3.44. The highest BCUT2D eigenvalue weighted by atomic mass is 32.2. The monoisotopic (exact) mass is 246 g/mol. The van der Waals surface area contributed by atoms with Crippen LogP contribution in [0.5, 0.6) is 0 Å². The van der Waals surface area contributed by atoms with Crippen molar-refractivity contribution in [2.75, 3.05) is 10.5 Å². The van der Waals surface area contributed by atoms with E-state index in [1.54, 1.807) is 0 Å². The molecule has 0 saturated heterocycles. The van der Waals surface area contributed by atoms with Gasteiger partial charge in [-0.05, 0) is 6.92 Å². The Morgan fingerprint density at radius 2 is 2.00 bits per heavy atom. The Balaban J connectivity index is 2.84. The van der Waals surface area contributed by atoms with Gasteiger partial charge in [0, 0.05) is 12.4 Å². The van der Waals surface area contributed by atoms with Crippen molar-refractivity contribution in [1.82, 2.24) is 15.4 Å². The van der Waals surface area contributed by atoms with Gasteiger partial charge in [-0.3, -0.25) is 14.7 Å². The summed E-state index contributed by atoms with van der Waals surface area (Å²) in [5.41, 5.74) is 1.42. The molecule has 8 nitrogen and oxygen atoms in total. The predicted octanol–water partition coefficient (Wildman–Crippen LogP) is -0.643. The molecule has 0 aliphatic carbocycles. The molecule has 1 aromatic heterocycles. The van der Waals surface area contributed by atoms with Crippen molar-refractivity contribution in [3.63, 3.8) is 0 Å². The summed E-state index contributed by atoms with van der Waals surface area (Å²) < 4.78 is 24.4. The fourth-order valence-electron chi connectivity index (χ4n) is 0.774. The van der Waals surface area contributed by atoms with Gasteiger partial charge in [0.15, 0.2) is 0 Å². The first kappa shape index (κ1) is 12.3. The Kier molecular flexibility index (Phi) is 3.74. The highest BCUT2D eigenvalue weighted by Crippen LogP contribution is 2.02. The van der Waals surface area contributed by atoms with Crippen LogP contribution in [0.25, 0.3) is 0 Å². The van der Waals surface area contributed by atoms with Gasteiger partial charge in [-0.15, -0.1) is 0 Å². The number of nitrogens with zero attached hydrogens (tertiary/aromatic N) is 2. The molecular weight excluding hydrogens is 236 g/mol. The molecule has 3 N–H and O–H groups in total. The Morgan fingerprint density at radius 3 is 2.44 bits per heavy atom. The zero-order valence-electron chi connectivity index (χ0n) is 8.34. The molecule has 0 radical (unpaired) electrons. The van der Waals surface area contributed by atoms with Crippen molar-refractivity contribution in [1.29, 1.82) is 0 Å². The molecule has 0 aliphatic heterocycles. The van der Waals surface area contributed by atoms with Crippen LogP contribution in [0, 0.1) is 0 Å². The molecule has 1 aromatic rings. The normalized spacial score (nSPS) is 10.9. The molecule has 0 aliphatic rings. The lowest BCUT2D eigenvalue weighted by Crippen LogP contribution is -2.20. The predicted molar refractivity (Wildman–Crippen MR) is 54.4 cm³/mol. The van der Waals surface area contributed by atoms with E-state index < -0.39 is 15.9 Å². The first-order valence-corrected chi connectivity index (χ1v) is 5.90. The van der Waals surface area contributed by atoms with Crippen molar-refractivity contribution >= 4 is 21.9 Å². The number of carbonyl (C=O) groups is 1. The third-order valence-electron chi connectivity index (χ3n) is 1.64. The highest BCUT2D eigenvalue weighted by Gasteiger charge is 2.10. The smallest absolute Gasteiger partial charge is 0.277 e. The lowest BCUT2D eigenvalue weighted by atomic mass is 10.3. The number of hydrogen-bond acceptors (Lipinski definition) is 6. The molecular formula is C7H10N4O4S. The third-order valence-corrected chi connectivity index (χ3v) is 2.90. The molecule has 0 aromatic carbocycles. The lowest BCUT2D eigenvalue weighted by molar-refractivity contribution is 0.0705. The maximum atomic E-state index is 11.1. The number of aromatic nitrogens is 2. The molecule has 16 heavy (non-hydrogen) atoms. The van der Waals surface area contributed by atoms with Gasteiger partial charge >= 0.3 is 0 Å². The van der Waals surface area contributed by atoms with E-state index in [1.807, 2.05) is 0 Å². The summed E-state index contributed by atoms with van der Waals surface area (Å²) in [6.07, 6.45) is 2.18. The minimum Gasteiger partial charge on any atom is -0.288 e. The molecule has 0 fully saturated rings. The van der Waals surface area contributed by atoms with E-state index in [1.165, 1.54) is 12.4 Å². The Bertz CT molecular complexity index is 470. The number of hydroxylamine groups is 1. The average molecular weight is 246 g/mol. The summed E-state index contributed by atoms with van der Waals surface area (Å²) >= 11 is 0. The van der Waals surface area contributed by atoms with Gasteiger partial charge in [0.05, 0.1) is 11.3 Å². The molecule has 0 atom stereocenters. The van der Waals surface area contributed by atoms with Crippen LogP contribution in [0.4, 0.5) is 5.95 Å². The number of hydrogen-bond donors (Lipinski definition) is 3. The van der Waals surface area contributed by atoms with Crippen molar-refractivity contribution in [2.24, 2.45) is 0 Å². The molecule has 0 saturated carbocycles. The van der Waals surface area contributed by atoms with Crippen LogP contribution in [0.15, 0.2) is 12.4 Å². The molecule has 0 bridgehead atoms. The molecule has 1 rings (SSSR count).